The zero-order chi connectivity index (χ0) is 18.5. The Kier molecular flexibility index (Phi) is 5.01. The highest BCUT2D eigenvalue weighted by atomic mass is 32.1. The van der Waals surface area contributed by atoms with Crippen LogP contribution in [0.5, 0.6) is 0 Å². The second-order valence-electron chi connectivity index (χ2n) is 5.14. The summed E-state index contributed by atoms with van der Waals surface area (Å²) in [5.41, 5.74) is 1.62. The Hall–Kier alpha value is -3.57. The molecule has 0 radical (unpaired) electrons. The third-order valence-corrected chi connectivity index (χ3v) is 4.33. The van der Waals surface area contributed by atoms with E-state index in [9.17, 15) is 19.8 Å². The van der Waals surface area contributed by atoms with Crippen LogP contribution in [0.3, 0.4) is 0 Å². The molecule has 1 aromatic heterocycles. The predicted octanol–water partition coefficient (Wildman–Crippen LogP) is 4.83. The molecule has 3 rings (SSSR count). The molecule has 0 atom stereocenters. The molecule has 0 spiro atoms. The average Bonchev–Trinajstić information content (AvgIpc) is 3.14. The van der Waals surface area contributed by atoms with Crippen LogP contribution in [0.25, 0.3) is 16.8 Å². The fraction of sp³-hybridized carbons (Fsp3) is 0. The molecule has 1 heterocycles. The molecule has 0 bridgehead atoms. The summed E-state index contributed by atoms with van der Waals surface area (Å²) in [6, 6.07) is 15.0. The van der Waals surface area contributed by atoms with Gasteiger partial charge in [0.15, 0.2) is 0 Å². The van der Waals surface area contributed by atoms with Gasteiger partial charge in [0.05, 0.1) is 10.6 Å². The average molecular weight is 366 g/mol. The van der Waals surface area contributed by atoms with Gasteiger partial charge in [-0.25, -0.2) is 4.98 Å². The molecule has 0 aliphatic heterocycles. The number of nitro benzene ring substituents is 1. The van der Waals surface area contributed by atoms with Crippen molar-refractivity contribution in [1.29, 1.82) is 5.26 Å². The van der Waals surface area contributed by atoms with Gasteiger partial charge >= 0.3 is 5.69 Å². The number of anilines is 1. The molecule has 0 saturated carbocycles. The number of hydrogen-bond donors (Lipinski definition) is 1. The first-order valence-corrected chi connectivity index (χ1v) is 8.28. The minimum absolute atomic E-state index is 0.268. The number of halogens is 1. The molecule has 1 N–H and O–H groups in total. The number of thiazole rings is 1. The van der Waals surface area contributed by atoms with Crippen LogP contribution in [0, 0.1) is 27.3 Å². The van der Waals surface area contributed by atoms with Crippen LogP contribution < -0.4 is 5.32 Å². The summed E-state index contributed by atoms with van der Waals surface area (Å²) >= 11 is 1.31. The quantitative estimate of drug-likeness (QED) is 0.396. The summed E-state index contributed by atoms with van der Waals surface area (Å²) in [7, 11) is 0. The molecule has 6 nitrogen and oxygen atoms in total. The van der Waals surface area contributed by atoms with Crippen molar-refractivity contribution in [2.45, 2.75) is 0 Å². The second kappa shape index (κ2) is 7.55. The van der Waals surface area contributed by atoms with E-state index in [0.29, 0.717) is 10.7 Å². The standard InChI is InChI=1S/C18H11FN4O2S/c19-15-7-6-14(8-17(15)23(24)25)21-10-13(9-20)18-22-16(11-26-18)12-4-2-1-3-5-12/h1-8,10-11,21H/b13-10-. The summed E-state index contributed by atoms with van der Waals surface area (Å²) in [6.07, 6.45) is 1.39. The number of aromatic nitrogens is 1. The van der Waals surface area contributed by atoms with Gasteiger partial charge in [-0.2, -0.15) is 9.65 Å². The van der Waals surface area contributed by atoms with Crippen LogP contribution in [0.1, 0.15) is 5.01 Å². The number of benzene rings is 2. The van der Waals surface area contributed by atoms with Crippen molar-refractivity contribution < 1.29 is 9.31 Å². The van der Waals surface area contributed by atoms with Crippen molar-refractivity contribution in [3.63, 3.8) is 0 Å². The Morgan fingerprint density at radius 1 is 1.31 bits per heavy atom. The van der Waals surface area contributed by atoms with E-state index in [-0.39, 0.29) is 5.57 Å². The van der Waals surface area contributed by atoms with E-state index >= 15 is 0 Å². The lowest BCUT2D eigenvalue weighted by Gasteiger charge is -2.02. The summed E-state index contributed by atoms with van der Waals surface area (Å²) in [6.45, 7) is 0. The van der Waals surface area contributed by atoms with E-state index < -0.39 is 16.4 Å². The number of nitrogens with one attached hydrogen (secondary N) is 1. The lowest BCUT2D eigenvalue weighted by atomic mass is 10.2. The van der Waals surface area contributed by atoms with Crippen molar-refractivity contribution in [3.05, 3.63) is 81.1 Å². The van der Waals surface area contributed by atoms with E-state index in [1.54, 1.807) is 0 Å². The minimum Gasteiger partial charge on any atom is -0.360 e. The number of nitro groups is 1. The number of allylic oxidation sites excluding steroid dienone is 1. The van der Waals surface area contributed by atoms with Gasteiger partial charge in [0.2, 0.25) is 5.82 Å². The molecule has 8 heteroatoms. The van der Waals surface area contributed by atoms with Crippen molar-refractivity contribution in [1.82, 2.24) is 4.98 Å². The Morgan fingerprint density at radius 3 is 2.77 bits per heavy atom. The van der Waals surface area contributed by atoms with Crippen LogP contribution in [0.15, 0.2) is 60.1 Å². The molecule has 128 valence electrons. The highest BCUT2D eigenvalue weighted by molar-refractivity contribution is 7.11. The van der Waals surface area contributed by atoms with Gasteiger partial charge in [-0.1, -0.05) is 30.3 Å². The third kappa shape index (κ3) is 3.74. The highest BCUT2D eigenvalue weighted by Gasteiger charge is 2.14. The molecular formula is C18H11FN4O2S. The van der Waals surface area contributed by atoms with Crippen LogP contribution in [0.2, 0.25) is 0 Å². The van der Waals surface area contributed by atoms with Crippen LogP contribution in [-0.2, 0) is 0 Å². The number of nitriles is 1. The first-order valence-electron chi connectivity index (χ1n) is 7.40. The van der Waals surface area contributed by atoms with Crippen molar-refractivity contribution in [2.24, 2.45) is 0 Å². The normalized spacial score (nSPS) is 11.0. The zero-order valence-electron chi connectivity index (χ0n) is 13.2. The third-order valence-electron chi connectivity index (χ3n) is 3.45. The zero-order valence-corrected chi connectivity index (χ0v) is 14.0. The van der Waals surface area contributed by atoms with Gasteiger partial charge in [0.25, 0.3) is 0 Å². The first-order chi connectivity index (χ1) is 12.6. The fourth-order valence-electron chi connectivity index (χ4n) is 2.18. The smallest absolute Gasteiger partial charge is 0.306 e. The van der Waals surface area contributed by atoms with Gasteiger partial charge in [-0.05, 0) is 12.1 Å². The van der Waals surface area contributed by atoms with Gasteiger partial charge in [0.1, 0.15) is 16.6 Å². The maximum absolute atomic E-state index is 13.4. The SMILES string of the molecule is N#C/C(=C/Nc1ccc(F)c([N+](=O)[O-])c1)c1nc(-c2ccccc2)cs1. The van der Waals surface area contributed by atoms with E-state index in [1.807, 2.05) is 41.8 Å². The summed E-state index contributed by atoms with van der Waals surface area (Å²) in [5.74, 6) is -0.919. The van der Waals surface area contributed by atoms with Crippen LogP contribution >= 0.6 is 11.3 Å². The summed E-state index contributed by atoms with van der Waals surface area (Å²) in [4.78, 5) is 14.4. The number of hydrogen-bond acceptors (Lipinski definition) is 6. The lowest BCUT2D eigenvalue weighted by Crippen LogP contribution is -1.96. The summed E-state index contributed by atoms with van der Waals surface area (Å²) in [5, 5.41) is 25.3. The Balaban J connectivity index is 1.84. The lowest BCUT2D eigenvalue weighted by molar-refractivity contribution is -0.387. The van der Waals surface area contributed by atoms with Crippen LogP contribution in [-0.4, -0.2) is 9.91 Å². The Labute approximate surface area is 152 Å². The Bertz CT molecular complexity index is 1030. The van der Waals surface area contributed by atoms with Crippen LogP contribution in [0.4, 0.5) is 15.8 Å². The molecule has 0 amide bonds. The monoisotopic (exact) mass is 366 g/mol. The largest absolute Gasteiger partial charge is 0.360 e. The molecule has 0 aliphatic carbocycles. The van der Waals surface area contributed by atoms with E-state index in [2.05, 4.69) is 10.3 Å². The van der Waals surface area contributed by atoms with E-state index in [4.69, 9.17) is 0 Å². The van der Waals surface area contributed by atoms with Crippen molar-refractivity contribution in [2.75, 3.05) is 5.32 Å². The predicted molar refractivity (Wildman–Crippen MR) is 97.8 cm³/mol. The molecule has 0 saturated heterocycles. The number of rotatable bonds is 5. The second-order valence-corrected chi connectivity index (χ2v) is 6.00. The Morgan fingerprint density at radius 2 is 2.08 bits per heavy atom. The number of nitrogens with zero attached hydrogens (tertiary/aromatic N) is 3. The van der Waals surface area contributed by atoms with Gasteiger partial charge < -0.3 is 5.32 Å². The topological polar surface area (TPSA) is 91.8 Å². The van der Waals surface area contributed by atoms with E-state index in [1.165, 1.54) is 23.6 Å². The molecule has 26 heavy (non-hydrogen) atoms. The van der Waals surface area contributed by atoms with Gasteiger partial charge in [-0.3, -0.25) is 10.1 Å². The maximum Gasteiger partial charge on any atom is 0.306 e. The van der Waals surface area contributed by atoms with Crippen molar-refractivity contribution in [3.8, 4) is 17.3 Å². The molecule has 2 aromatic carbocycles. The minimum atomic E-state index is -0.919. The molecule has 0 fully saturated rings. The van der Waals surface area contributed by atoms with Gasteiger partial charge in [0, 0.05) is 28.9 Å². The fourth-order valence-corrected chi connectivity index (χ4v) is 2.97. The molecule has 3 aromatic rings. The molecule has 0 aliphatic rings. The van der Waals surface area contributed by atoms with Gasteiger partial charge in [-0.15, -0.1) is 11.3 Å². The highest BCUT2D eigenvalue weighted by Crippen LogP contribution is 2.26. The van der Waals surface area contributed by atoms with E-state index in [0.717, 1.165) is 23.4 Å². The first kappa shape index (κ1) is 17.3. The maximum atomic E-state index is 13.4. The summed E-state index contributed by atoms with van der Waals surface area (Å²) < 4.78 is 13.4. The molecular weight excluding hydrogens is 355 g/mol. The molecule has 0 unspecified atom stereocenters. The van der Waals surface area contributed by atoms with Crippen molar-refractivity contribution >= 4 is 28.3 Å².